The molecule has 1 fully saturated rings. The van der Waals surface area contributed by atoms with Gasteiger partial charge in [-0.05, 0) is 53.6 Å². The molecule has 0 atom stereocenters. The molecular formula is C22H15NO2S2. The highest BCUT2D eigenvalue weighted by atomic mass is 32.2. The molecule has 1 aliphatic rings. The molecule has 0 spiro atoms. The molecule has 0 radical (unpaired) electrons. The molecule has 27 heavy (non-hydrogen) atoms. The van der Waals surface area contributed by atoms with Crippen LogP contribution in [0.3, 0.4) is 0 Å². The van der Waals surface area contributed by atoms with E-state index in [1.807, 2.05) is 36.4 Å². The van der Waals surface area contributed by atoms with Gasteiger partial charge in [0.1, 0.15) is 0 Å². The molecule has 0 saturated carbocycles. The van der Waals surface area contributed by atoms with Crippen LogP contribution in [0, 0.1) is 0 Å². The minimum Gasteiger partial charge on any atom is -0.295 e. The van der Waals surface area contributed by atoms with Gasteiger partial charge in [0, 0.05) is 5.56 Å². The Labute approximate surface area is 166 Å². The highest BCUT2D eigenvalue weighted by molar-refractivity contribution is 8.27. The summed E-state index contributed by atoms with van der Waals surface area (Å²) in [5.74, 6) is -0.156. The number of carbonyl (C=O) groups is 2. The van der Waals surface area contributed by atoms with Crippen LogP contribution in [0.25, 0.3) is 16.8 Å². The number of anilines is 1. The van der Waals surface area contributed by atoms with Crippen molar-refractivity contribution in [3.8, 4) is 0 Å². The molecule has 3 nitrogen and oxygen atoms in total. The molecule has 1 aliphatic heterocycles. The van der Waals surface area contributed by atoms with E-state index in [4.69, 9.17) is 12.2 Å². The van der Waals surface area contributed by atoms with Crippen molar-refractivity contribution < 1.29 is 9.59 Å². The van der Waals surface area contributed by atoms with Gasteiger partial charge < -0.3 is 0 Å². The number of hydrogen-bond acceptors (Lipinski definition) is 4. The van der Waals surface area contributed by atoms with E-state index in [2.05, 4.69) is 12.1 Å². The fourth-order valence-corrected chi connectivity index (χ4v) is 4.34. The third-order valence-corrected chi connectivity index (χ3v) is 5.74. The van der Waals surface area contributed by atoms with Crippen molar-refractivity contribution in [1.29, 1.82) is 0 Å². The predicted octanol–water partition coefficient (Wildman–Crippen LogP) is 5.45. The quantitative estimate of drug-likeness (QED) is 0.339. The topological polar surface area (TPSA) is 37.4 Å². The van der Waals surface area contributed by atoms with Crippen molar-refractivity contribution in [2.75, 3.05) is 4.90 Å². The summed E-state index contributed by atoms with van der Waals surface area (Å²) in [6, 6.07) is 21.0. The van der Waals surface area contributed by atoms with Crippen LogP contribution in [-0.4, -0.2) is 16.0 Å². The van der Waals surface area contributed by atoms with Crippen LogP contribution in [0.4, 0.5) is 5.69 Å². The molecule has 0 aliphatic carbocycles. The third-order valence-electron chi connectivity index (χ3n) is 4.44. The molecule has 1 heterocycles. The fourth-order valence-electron chi connectivity index (χ4n) is 3.05. The van der Waals surface area contributed by atoms with Gasteiger partial charge in [-0.3, -0.25) is 14.5 Å². The minimum absolute atomic E-state index is 0.0113. The predicted molar refractivity (Wildman–Crippen MR) is 116 cm³/mol. The van der Waals surface area contributed by atoms with Gasteiger partial charge in [-0.15, -0.1) is 0 Å². The van der Waals surface area contributed by atoms with Crippen LogP contribution in [0.15, 0.2) is 71.6 Å². The zero-order valence-corrected chi connectivity index (χ0v) is 16.1. The molecule has 5 heteroatoms. The Bertz CT molecular complexity index is 1110. The lowest BCUT2D eigenvalue weighted by Crippen LogP contribution is -2.27. The zero-order valence-electron chi connectivity index (χ0n) is 14.5. The van der Waals surface area contributed by atoms with Gasteiger partial charge in [-0.25, -0.2) is 0 Å². The number of rotatable bonds is 3. The van der Waals surface area contributed by atoms with E-state index in [-0.39, 0.29) is 11.7 Å². The number of ketones is 1. The van der Waals surface area contributed by atoms with Crippen molar-refractivity contribution in [3.05, 3.63) is 82.8 Å². The first-order chi connectivity index (χ1) is 13.0. The lowest BCUT2D eigenvalue weighted by molar-refractivity contribution is -0.113. The molecule has 132 valence electrons. The average molecular weight is 390 g/mol. The number of Topliss-reactive ketones (excluding diaryl/α,β-unsaturated/α-hetero) is 1. The van der Waals surface area contributed by atoms with Crippen molar-refractivity contribution in [2.24, 2.45) is 0 Å². The monoisotopic (exact) mass is 389 g/mol. The highest BCUT2D eigenvalue weighted by Crippen LogP contribution is 2.36. The van der Waals surface area contributed by atoms with Gasteiger partial charge in [0.15, 0.2) is 10.1 Å². The Morgan fingerprint density at radius 2 is 1.70 bits per heavy atom. The van der Waals surface area contributed by atoms with E-state index in [1.54, 1.807) is 24.3 Å². The van der Waals surface area contributed by atoms with Gasteiger partial charge in [0.2, 0.25) is 0 Å². The summed E-state index contributed by atoms with van der Waals surface area (Å²) in [6.45, 7) is 1.52. The summed E-state index contributed by atoms with van der Waals surface area (Å²) in [7, 11) is 0. The van der Waals surface area contributed by atoms with E-state index in [1.165, 1.54) is 23.6 Å². The van der Waals surface area contributed by atoms with Gasteiger partial charge >= 0.3 is 0 Å². The van der Waals surface area contributed by atoms with E-state index < -0.39 is 0 Å². The maximum absolute atomic E-state index is 13.0. The summed E-state index contributed by atoms with van der Waals surface area (Å²) in [6.07, 6.45) is 1.89. The normalized spacial score (nSPS) is 15.7. The number of thiocarbonyl (C=S) groups is 1. The van der Waals surface area contributed by atoms with Crippen molar-refractivity contribution >= 4 is 62.5 Å². The molecule has 0 aromatic heterocycles. The first kappa shape index (κ1) is 17.6. The molecule has 4 rings (SSSR count). The van der Waals surface area contributed by atoms with Gasteiger partial charge in [-0.2, -0.15) is 0 Å². The zero-order chi connectivity index (χ0) is 19.0. The van der Waals surface area contributed by atoms with E-state index in [9.17, 15) is 9.59 Å². The second-order valence-electron chi connectivity index (χ2n) is 6.19. The van der Waals surface area contributed by atoms with E-state index >= 15 is 0 Å². The largest absolute Gasteiger partial charge is 0.295 e. The number of benzene rings is 3. The van der Waals surface area contributed by atoms with Crippen LogP contribution < -0.4 is 4.90 Å². The summed E-state index contributed by atoms with van der Waals surface area (Å²) < 4.78 is 0.488. The lowest BCUT2D eigenvalue weighted by Gasteiger charge is -2.14. The number of amides is 1. The second-order valence-corrected chi connectivity index (χ2v) is 7.86. The molecule has 1 amide bonds. The van der Waals surface area contributed by atoms with Crippen LogP contribution in [0.1, 0.15) is 22.8 Å². The van der Waals surface area contributed by atoms with Crippen molar-refractivity contribution in [3.63, 3.8) is 0 Å². The molecule has 0 unspecified atom stereocenters. The van der Waals surface area contributed by atoms with Gasteiger partial charge in [0.05, 0.1) is 10.6 Å². The highest BCUT2D eigenvalue weighted by Gasteiger charge is 2.33. The Kier molecular flexibility index (Phi) is 4.64. The molecule has 1 saturated heterocycles. The molecular weight excluding hydrogens is 374 g/mol. The van der Waals surface area contributed by atoms with Crippen molar-refractivity contribution in [2.45, 2.75) is 6.92 Å². The second kappa shape index (κ2) is 7.10. The SMILES string of the molecule is CC(=O)c1ccc(N2C(=O)/C(=C/c3cccc4ccccc34)SC2=S)cc1. The van der Waals surface area contributed by atoms with Gasteiger partial charge in [0.25, 0.3) is 5.91 Å². The number of nitrogens with zero attached hydrogens (tertiary/aromatic N) is 1. The number of thioether (sulfide) groups is 1. The Morgan fingerprint density at radius 1 is 1.00 bits per heavy atom. The first-order valence-corrected chi connectivity index (χ1v) is 9.64. The summed E-state index contributed by atoms with van der Waals surface area (Å²) >= 11 is 6.73. The van der Waals surface area contributed by atoms with Crippen LogP contribution in [-0.2, 0) is 4.79 Å². The van der Waals surface area contributed by atoms with Crippen molar-refractivity contribution in [1.82, 2.24) is 0 Å². The number of fused-ring (bicyclic) bond motifs is 1. The smallest absolute Gasteiger partial charge is 0.270 e. The summed E-state index contributed by atoms with van der Waals surface area (Å²) in [5.41, 5.74) is 2.26. The number of carbonyl (C=O) groups excluding carboxylic acids is 2. The molecule has 3 aromatic rings. The standard InChI is InChI=1S/C22H15NO2S2/c1-14(24)15-9-11-18(12-10-15)23-21(25)20(27-22(23)26)13-17-7-4-6-16-5-2-3-8-19(16)17/h2-13H,1H3/b20-13-. The fraction of sp³-hybridized carbons (Fsp3) is 0.0455. The van der Waals surface area contributed by atoms with Crippen LogP contribution in [0.2, 0.25) is 0 Å². The third kappa shape index (κ3) is 3.31. The maximum Gasteiger partial charge on any atom is 0.270 e. The molecule has 0 N–H and O–H groups in total. The molecule has 3 aromatic carbocycles. The average Bonchev–Trinajstić information content (AvgIpc) is 2.95. The van der Waals surface area contributed by atoms with E-state index in [0.29, 0.717) is 20.5 Å². The summed E-state index contributed by atoms with van der Waals surface area (Å²) in [5, 5.41) is 2.22. The Morgan fingerprint density at radius 3 is 2.44 bits per heavy atom. The van der Waals surface area contributed by atoms with E-state index in [0.717, 1.165) is 16.3 Å². The lowest BCUT2D eigenvalue weighted by atomic mass is 10.0. The van der Waals surface area contributed by atoms with Crippen LogP contribution in [0.5, 0.6) is 0 Å². The first-order valence-electron chi connectivity index (χ1n) is 8.41. The Hall–Kier alpha value is -2.76. The summed E-state index contributed by atoms with van der Waals surface area (Å²) in [4.78, 5) is 26.5. The minimum atomic E-state index is -0.145. The molecule has 0 bridgehead atoms. The van der Waals surface area contributed by atoms with Gasteiger partial charge in [-0.1, -0.05) is 66.4 Å². The maximum atomic E-state index is 13.0. The Balaban J connectivity index is 1.70. The van der Waals surface area contributed by atoms with Crippen LogP contribution >= 0.6 is 24.0 Å². The number of hydrogen-bond donors (Lipinski definition) is 0.